The molecule has 1 saturated heterocycles. The maximum absolute atomic E-state index is 12.5. The summed E-state index contributed by atoms with van der Waals surface area (Å²) in [5.74, 6) is 0. The van der Waals surface area contributed by atoms with Gasteiger partial charge in [-0.05, 0) is 36.5 Å². The lowest BCUT2D eigenvalue weighted by Crippen LogP contribution is -2.41. The number of nitrogens with zero attached hydrogens (tertiary/aromatic N) is 1. The predicted octanol–water partition coefficient (Wildman–Crippen LogP) is 2.73. The van der Waals surface area contributed by atoms with E-state index < -0.39 is 10.0 Å². The van der Waals surface area contributed by atoms with Crippen LogP contribution in [0.3, 0.4) is 0 Å². The monoisotopic (exact) mass is 302 g/mol. The van der Waals surface area contributed by atoms with E-state index in [1.807, 2.05) is 0 Å². The molecule has 1 aromatic carbocycles. The molecule has 1 aromatic rings. The van der Waals surface area contributed by atoms with Crippen LogP contribution >= 0.6 is 11.6 Å². The van der Waals surface area contributed by atoms with Crippen molar-refractivity contribution in [2.24, 2.45) is 5.41 Å². The lowest BCUT2D eigenvalue weighted by molar-refractivity contribution is 0.196. The first-order chi connectivity index (χ1) is 8.72. The molecule has 106 valence electrons. The van der Waals surface area contributed by atoms with Crippen molar-refractivity contribution < 1.29 is 8.42 Å². The Balaban J connectivity index is 2.25. The second-order valence-electron chi connectivity index (χ2n) is 5.75. The van der Waals surface area contributed by atoms with Crippen LogP contribution in [0.4, 0.5) is 5.69 Å². The Labute approximate surface area is 119 Å². The summed E-state index contributed by atoms with van der Waals surface area (Å²) in [5, 5.41) is 0.276. The molecule has 19 heavy (non-hydrogen) atoms. The molecular weight excluding hydrogens is 284 g/mol. The first-order valence-corrected chi connectivity index (χ1v) is 8.09. The van der Waals surface area contributed by atoms with Crippen LogP contribution in [0.1, 0.15) is 26.7 Å². The van der Waals surface area contributed by atoms with Crippen molar-refractivity contribution in [1.29, 1.82) is 0 Å². The molecule has 0 amide bonds. The van der Waals surface area contributed by atoms with Crippen molar-refractivity contribution in [1.82, 2.24) is 4.31 Å². The van der Waals surface area contributed by atoms with Crippen molar-refractivity contribution >= 4 is 27.3 Å². The minimum atomic E-state index is -3.46. The molecular formula is C13H19ClN2O2S. The van der Waals surface area contributed by atoms with Crippen LogP contribution < -0.4 is 5.73 Å². The largest absolute Gasteiger partial charge is 0.398 e. The highest BCUT2D eigenvalue weighted by Crippen LogP contribution is 2.33. The van der Waals surface area contributed by atoms with Crippen LogP contribution in [0.25, 0.3) is 0 Å². The number of nitrogen functional groups attached to an aromatic ring is 1. The fourth-order valence-corrected chi connectivity index (χ4v) is 3.86. The van der Waals surface area contributed by atoms with Crippen LogP contribution in [-0.2, 0) is 10.0 Å². The van der Waals surface area contributed by atoms with Gasteiger partial charge in [-0.15, -0.1) is 0 Å². The van der Waals surface area contributed by atoms with Gasteiger partial charge in [-0.1, -0.05) is 25.4 Å². The lowest BCUT2D eigenvalue weighted by atomic mass is 9.83. The van der Waals surface area contributed by atoms with Crippen molar-refractivity contribution in [3.8, 4) is 0 Å². The third-order valence-corrected chi connectivity index (χ3v) is 5.91. The Morgan fingerprint density at radius 2 is 1.84 bits per heavy atom. The molecule has 6 heteroatoms. The number of hydrogen-bond acceptors (Lipinski definition) is 3. The molecule has 1 heterocycles. The average molecular weight is 303 g/mol. The van der Waals surface area contributed by atoms with Gasteiger partial charge in [0.2, 0.25) is 10.0 Å². The topological polar surface area (TPSA) is 63.4 Å². The Bertz CT molecular complexity index is 574. The summed E-state index contributed by atoms with van der Waals surface area (Å²) < 4.78 is 26.5. The highest BCUT2D eigenvalue weighted by molar-refractivity contribution is 7.89. The van der Waals surface area contributed by atoms with Gasteiger partial charge in [-0.25, -0.2) is 8.42 Å². The van der Waals surface area contributed by atoms with Gasteiger partial charge in [0.05, 0.1) is 15.6 Å². The zero-order valence-corrected chi connectivity index (χ0v) is 12.8. The van der Waals surface area contributed by atoms with Gasteiger partial charge < -0.3 is 5.73 Å². The van der Waals surface area contributed by atoms with Crippen LogP contribution in [0, 0.1) is 5.41 Å². The molecule has 0 atom stereocenters. The third-order valence-electron chi connectivity index (χ3n) is 3.69. The quantitative estimate of drug-likeness (QED) is 0.854. The fourth-order valence-electron chi connectivity index (χ4n) is 2.15. The Morgan fingerprint density at radius 3 is 2.37 bits per heavy atom. The van der Waals surface area contributed by atoms with Crippen molar-refractivity contribution in [2.45, 2.75) is 31.6 Å². The molecule has 0 aromatic heterocycles. The standard InChI is InChI=1S/C13H19ClN2O2S/c1-13(2)5-7-16(8-6-13)19(17,18)10-3-4-12(15)11(14)9-10/h3-4,9H,5-8,15H2,1-2H3. The SMILES string of the molecule is CC1(C)CCN(S(=O)(=O)c2ccc(N)c(Cl)c2)CC1. The van der Waals surface area contributed by atoms with Gasteiger partial charge in [0, 0.05) is 13.1 Å². The number of nitrogens with two attached hydrogens (primary N) is 1. The summed E-state index contributed by atoms with van der Waals surface area (Å²) in [4.78, 5) is 0.214. The van der Waals surface area contributed by atoms with E-state index in [0.717, 1.165) is 12.8 Å². The summed E-state index contributed by atoms with van der Waals surface area (Å²) >= 11 is 5.90. The first kappa shape index (κ1) is 14.6. The maximum Gasteiger partial charge on any atom is 0.243 e. The van der Waals surface area contributed by atoms with E-state index in [2.05, 4.69) is 13.8 Å². The number of hydrogen-bond donors (Lipinski definition) is 1. The molecule has 1 aliphatic rings. The van der Waals surface area contributed by atoms with Gasteiger partial charge in [-0.3, -0.25) is 0 Å². The van der Waals surface area contributed by atoms with E-state index in [-0.39, 0.29) is 15.3 Å². The molecule has 2 rings (SSSR count). The number of benzene rings is 1. The van der Waals surface area contributed by atoms with Crippen LogP contribution in [-0.4, -0.2) is 25.8 Å². The second kappa shape index (κ2) is 4.96. The highest BCUT2D eigenvalue weighted by atomic mass is 35.5. The number of sulfonamides is 1. The second-order valence-corrected chi connectivity index (χ2v) is 8.10. The molecule has 0 bridgehead atoms. The molecule has 2 N–H and O–H groups in total. The Hall–Kier alpha value is -0.780. The number of halogens is 1. The molecule has 0 unspecified atom stereocenters. The van der Waals surface area contributed by atoms with Crippen molar-refractivity contribution in [3.63, 3.8) is 0 Å². The van der Waals surface area contributed by atoms with E-state index in [0.29, 0.717) is 18.8 Å². The van der Waals surface area contributed by atoms with Crippen LogP contribution in [0.15, 0.2) is 23.1 Å². The maximum atomic E-state index is 12.5. The molecule has 1 fully saturated rings. The zero-order chi connectivity index (χ0) is 14.3. The van der Waals surface area contributed by atoms with E-state index in [9.17, 15) is 8.42 Å². The zero-order valence-electron chi connectivity index (χ0n) is 11.2. The summed E-state index contributed by atoms with van der Waals surface area (Å²) in [7, 11) is -3.46. The smallest absolute Gasteiger partial charge is 0.243 e. The van der Waals surface area contributed by atoms with Gasteiger partial charge in [-0.2, -0.15) is 4.31 Å². The molecule has 1 aliphatic heterocycles. The summed E-state index contributed by atoms with van der Waals surface area (Å²) in [6.07, 6.45) is 1.74. The summed E-state index contributed by atoms with van der Waals surface area (Å²) in [5.41, 5.74) is 6.21. The summed E-state index contributed by atoms with van der Waals surface area (Å²) in [6.45, 7) is 5.43. The first-order valence-electron chi connectivity index (χ1n) is 6.28. The van der Waals surface area contributed by atoms with Gasteiger partial charge in [0.25, 0.3) is 0 Å². The molecule has 4 nitrogen and oxygen atoms in total. The molecule has 0 spiro atoms. The normalized spacial score (nSPS) is 20.4. The predicted molar refractivity (Wildman–Crippen MR) is 77.6 cm³/mol. The van der Waals surface area contributed by atoms with E-state index >= 15 is 0 Å². The Morgan fingerprint density at radius 1 is 1.26 bits per heavy atom. The summed E-state index contributed by atoms with van der Waals surface area (Å²) in [6, 6.07) is 4.46. The average Bonchev–Trinajstić information content (AvgIpc) is 2.32. The lowest BCUT2D eigenvalue weighted by Gasteiger charge is -2.36. The van der Waals surface area contributed by atoms with Gasteiger partial charge in [0.15, 0.2) is 0 Å². The van der Waals surface area contributed by atoms with E-state index in [1.54, 1.807) is 0 Å². The molecule has 0 radical (unpaired) electrons. The van der Waals surface area contributed by atoms with E-state index in [4.69, 9.17) is 17.3 Å². The van der Waals surface area contributed by atoms with Gasteiger partial charge >= 0.3 is 0 Å². The Kier molecular flexibility index (Phi) is 3.82. The number of anilines is 1. The minimum Gasteiger partial charge on any atom is -0.398 e. The fraction of sp³-hybridized carbons (Fsp3) is 0.538. The molecule has 0 aliphatic carbocycles. The van der Waals surface area contributed by atoms with Crippen molar-refractivity contribution in [3.05, 3.63) is 23.2 Å². The minimum absolute atomic E-state index is 0.213. The van der Waals surface area contributed by atoms with Crippen molar-refractivity contribution in [2.75, 3.05) is 18.8 Å². The highest BCUT2D eigenvalue weighted by Gasteiger charge is 2.32. The third kappa shape index (κ3) is 3.04. The van der Waals surface area contributed by atoms with Crippen LogP contribution in [0.5, 0.6) is 0 Å². The molecule has 0 saturated carbocycles. The number of rotatable bonds is 2. The van der Waals surface area contributed by atoms with E-state index in [1.165, 1.54) is 22.5 Å². The van der Waals surface area contributed by atoms with Gasteiger partial charge in [0.1, 0.15) is 0 Å². The van der Waals surface area contributed by atoms with Crippen LogP contribution in [0.2, 0.25) is 5.02 Å². The number of piperidine rings is 1.